The van der Waals surface area contributed by atoms with Crippen molar-refractivity contribution in [2.75, 3.05) is 23.9 Å². The quantitative estimate of drug-likeness (QED) is 0.502. The Morgan fingerprint density at radius 1 is 1.09 bits per heavy atom. The van der Waals surface area contributed by atoms with Gasteiger partial charge in [-0.2, -0.15) is 0 Å². The molecule has 164 valence electrons. The Morgan fingerprint density at radius 2 is 1.84 bits per heavy atom. The van der Waals surface area contributed by atoms with Crippen molar-refractivity contribution in [3.63, 3.8) is 0 Å². The minimum absolute atomic E-state index is 0.0188. The zero-order chi connectivity index (χ0) is 22.5. The van der Waals surface area contributed by atoms with Gasteiger partial charge in [-0.1, -0.05) is 24.3 Å². The molecule has 0 saturated carbocycles. The van der Waals surface area contributed by atoms with Crippen LogP contribution in [0.25, 0.3) is 0 Å². The molecule has 3 aromatic rings. The molecule has 0 unspecified atom stereocenters. The first-order valence-electron chi connectivity index (χ1n) is 10.2. The SMILES string of the molecule is COc1ccc(N2C(=O)[C@@H](CC(=O)Nc3ccccc3)N(CCc3cccs3)C2=S)cc1. The number of thiophene rings is 1. The molecule has 0 aliphatic carbocycles. The number of hydrogen-bond donors (Lipinski definition) is 1. The van der Waals surface area contributed by atoms with Crippen molar-refractivity contribution in [2.24, 2.45) is 0 Å². The van der Waals surface area contributed by atoms with Crippen LogP contribution in [-0.4, -0.2) is 41.5 Å². The van der Waals surface area contributed by atoms with Gasteiger partial charge in [-0.15, -0.1) is 11.3 Å². The Bertz CT molecular complexity index is 1090. The summed E-state index contributed by atoms with van der Waals surface area (Å²) in [5.74, 6) is 0.268. The fraction of sp³-hybridized carbons (Fsp3) is 0.208. The molecule has 0 bridgehead atoms. The van der Waals surface area contributed by atoms with Gasteiger partial charge >= 0.3 is 0 Å². The smallest absolute Gasteiger partial charge is 0.256 e. The summed E-state index contributed by atoms with van der Waals surface area (Å²) in [5, 5.41) is 5.31. The molecule has 2 amide bonds. The summed E-state index contributed by atoms with van der Waals surface area (Å²) < 4.78 is 5.22. The van der Waals surface area contributed by atoms with Gasteiger partial charge in [0.1, 0.15) is 11.8 Å². The molecule has 2 aromatic carbocycles. The number of ether oxygens (including phenoxy) is 1. The van der Waals surface area contributed by atoms with Crippen LogP contribution in [0.4, 0.5) is 11.4 Å². The monoisotopic (exact) mass is 465 g/mol. The molecule has 2 heterocycles. The number of rotatable bonds is 8. The van der Waals surface area contributed by atoms with Crippen molar-refractivity contribution >= 4 is 51.9 Å². The highest BCUT2D eigenvalue weighted by Crippen LogP contribution is 2.29. The number of benzene rings is 2. The van der Waals surface area contributed by atoms with Crippen LogP contribution in [0.2, 0.25) is 0 Å². The van der Waals surface area contributed by atoms with Gasteiger partial charge in [-0.3, -0.25) is 14.5 Å². The lowest BCUT2D eigenvalue weighted by atomic mass is 10.1. The number of methoxy groups -OCH3 is 1. The summed E-state index contributed by atoms with van der Waals surface area (Å²) in [6.45, 7) is 0.557. The van der Waals surface area contributed by atoms with E-state index in [1.54, 1.807) is 42.7 Å². The summed E-state index contributed by atoms with van der Waals surface area (Å²) in [6.07, 6.45) is 0.767. The first-order chi connectivity index (χ1) is 15.6. The number of nitrogens with zero attached hydrogens (tertiary/aromatic N) is 2. The highest BCUT2D eigenvalue weighted by molar-refractivity contribution is 7.80. The van der Waals surface area contributed by atoms with E-state index in [0.29, 0.717) is 28.8 Å². The average molecular weight is 466 g/mol. The van der Waals surface area contributed by atoms with Crippen molar-refractivity contribution in [2.45, 2.75) is 18.9 Å². The third kappa shape index (κ3) is 4.81. The van der Waals surface area contributed by atoms with E-state index in [1.165, 1.54) is 9.78 Å². The van der Waals surface area contributed by atoms with E-state index in [4.69, 9.17) is 17.0 Å². The second-order valence-corrected chi connectivity index (χ2v) is 8.71. The van der Waals surface area contributed by atoms with Crippen molar-refractivity contribution in [1.82, 2.24) is 4.90 Å². The van der Waals surface area contributed by atoms with Gasteiger partial charge in [-0.05, 0) is 66.5 Å². The van der Waals surface area contributed by atoms with Gasteiger partial charge in [-0.25, -0.2) is 0 Å². The van der Waals surface area contributed by atoms with Gasteiger partial charge in [0.2, 0.25) is 5.91 Å². The van der Waals surface area contributed by atoms with Crippen molar-refractivity contribution < 1.29 is 14.3 Å². The van der Waals surface area contributed by atoms with Gasteiger partial charge in [0.15, 0.2) is 5.11 Å². The maximum absolute atomic E-state index is 13.4. The predicted octanol–water partition coefficient (Wildman–Crippen LogP) is 4.33. The summed E-state index contributed by atoms with van der Waals surface area (Å²) in [4.78, 5) is 30.8. The fourth-order valence-electron chi connectivity index (χ4n) is 3.65. The number of hydrogen-bond acceptors (Lipinski definition) is 5. The average Bonchev–Trinajstić information content (AvgIpc) is 3.40. The summed E-state index contributed by atoms with van der Waals surface area (Å²) in [6, 6.07) is 19.8. The number of para-hydroxylation sites is 1. The highest BCUT2D eigenvalue weighted by atomic mass is 32.1. The molecule has 8 heteroatoms. The van der Waals surface area contributed by atoms with Gasteiger partial charge < -0.3 is 15.0 Å². The molecule has 4 rings (SSSR count). The molecule has 1 N–H and O–H groups in total. The van der Waals surface area contributed by atoms with Crippen LogP contribution in [-0.2, 0) is 16.0 Å². The van der Waals surface area contributed by atoms with E-state index in [1.807, 2.05) is 46.7 Å². The van der Waals surface area contributed by atoms with Gasteiger partial charge in [0.05, 0.1) is 19.2 Å². The van der Waals surface area contributed by atoms with E-state index in [-0.39, 0.29) is 18.2 Å². The molecule has 6 nitrogen and oxygen atoms in total. The zero-order valence-electron chi connectivity index (χ0n) is 17.6. The van der Waals surface area contributed by atoms with Crippen LogP contribution in [0, 0.1) is 0 Å². The summed E-state index contributed by atoms with van der Waals surface area (Å²) in [7, 11) is 1.59. The number of anilines is 2. The molecular formula is C24H23N3O3S2. The lowest BCUT2D eigenvalue weighted by Crippen LogP contribution is -2.39. The normalized spacial score (nSPS) is 15.8. The fourth-order valence-corrected chi connectivity index (χ4v) is 4.76. The third-order valence-electron chi connectivity index (χ3n) is 5.26. The van der Waals surface area contributed by atoms with E-state index in [2.05, 4.69) is 11.4 Å². The molecule has 0 spiro atoms. The third-order valence-corrected chi connectivity index (χ3v) is 6.62. The maximum Gasteiger partial charge on any atom is 0.256 e. The Kier molecular flexibility index (Phi) is 6.82. The molecule has 1 saturated heterocycles. The highest BCUT2D eigenvalue weighted by Gasteiger charge is 2.43. The predicted molar refractivity (Wildman–Crippen MR) is 131 cm³/mol. The molecule has 32 heavy (non-hydrogen) atoms. The first kappa shape index (κ1) is 22.0. The van der Waals surface area contributed by atoms with E-state index in [9.17, 15) is 9.59 Å². The van der Waals surface area contributed by atoms with Crippen LogP contribution in [0.3, 0.4) is 0 Å². The molecule has 1 aliphatic rings. The zero-order valence-corrected chi connectivity index (χ0v) is 19.2. The van der Waals surface area contributed by atoms with Crippen LogP contribution < -0.4 is 15.0 Å². The van der Waals surface area contributed by atoms with Gasteiger partial charge in [0, 0.05) is 17.1 Å². The molecule has 0 radical (unpaired) electrons. The van der Waals surface area contributed by atoms with E-state index in [0.717, 1.165) is 6.42 Å². The minimum atomic E-state index is -0.659. The number of amides is 2. The lowest BCUT2D eigenvalue weighted by molar-refractivity contribution is -0.124. The maximum atomic E-state index is 13.4. The second-order valence-electron chi connectivity index (χ2n) is 7.31. The molecule has 1 fully saturated rings. The molecular weight excluding hydrogens is 442 g/mol. The Hall–Kier alpha value is -3.23. The number of nitrogens with one attached hydrogen (secondary N) is 1. The minimum Gasteiger partial charge on any atom is -0.497 e. The van der Waals surface area contributed by atoms with Crippen molar-refractivity contribution in [3.8, 4) is 5.75 Å². The van der Waals surface area contributed by atoms with E-state index >= 15 is 0 Å². The van der Waals surface area contributed by atoms with Crippen molar-refractivity contribution in [1.29, 1.82) is 0 Å². The van der Waals surface area contributed by atoms with Crippen LogP contribution in [0.5, 0.6) is 5.75 Å². The first-order valence-corrected chi connectivity index (χ1v) is 11.5. The summed E-state index contributed by atoms with van der Waals surface area (Å²) in [5.41, 5.74) is 1.36. The lowest BCUT2D eigenvalue weighted by Gasteiger charge is -2.23. The second kappa shape index (κ2) is 9.93. The topological polar surface area (TPSA) is 61.9 Å². The molecule has 1 aliphatic heterocycles. The summed E-state index contributed by atoms with van der Waals surface area (Å²) >= 11 is 7.37. The number of carbonyl (C=O) groups is 2. The van der Waals surface area contributed by atoms with Crippen molar-refractivity contribution in [3.05, 3.63) is 77.0 Å². The Morgan fingerprint density at radius 3 is 2.50 bits per heavy atom. The Labute approximate surface area is 196 Å². The number of carbonyl (C=O) groups excluding carboxylic acids is 2. The standard InChI is InChI=1S/C24H23N3O3S2/c1-30-19-11-9-18(10-12-19)27-23(29)21(16-22(28)25-17-6-3-2-4-7-17)26(24(27)31)14-13-20-8-5-15-32-20/h2-12,15,21H,13-14,16H2,1H3,(H,25,28)/t21-/m1/s1. The van der Waals surface area contributed by atoms with Crippen LogP contribution in [0.1, 0.15) is 11.3 Å². The van der Waals surface area contributed by atoms with Gasteiger partial charge in [0.25, 0.3) is 5.91 Å². The largest absolute Gasteiger partial charge is 0.497 e. The van der Waals surface area contributed by atoms with Crippen LogP contribution in [0.15, 0.2) is 72.1 Å². The molecule has 1 aromatic heterocycles. The van der Waals surface area contributed by atoms with E-state index < -0.39 is 6.04 Å². The van der Waals surface area contributed by atoms with Crippen LogP contribution >= 0.6 is 23.6 Å². The molecule has 1 atom stereocenters. The Balaban J connectivity index is 1.55. The number of thiocarbonyl (C=S) groups is 1.